The van der Waals surface area contributed by atoms with Crippen molar-refractivity contribution in [2.75, 3.05) is 38.7 Å². The molecule has 1 aliphatic heterocycles. The Bertz CT molecular complexity index is 762. The number of carbonyl (C=O) groups excluding carboxylic acids is 1. The summed E-state index contributed by atoms with van der Waals surface area (Å²) >= 11 is 0. The molecule has 1 fully saturated rings. The van der Waals surface area contributed by atoms with Crippen LogP contribution in [0.15, 0.2) is 36.4 Å². The molecule has 0 radical (unpaired) electrons. The zero-order valence-corrected chi connectivity index (χ0v) is 14.7. The summed E-state index contributed by atoms with van der Waals surface area (Å²) in [5.41, 5.74) is 3.26. The van der Waals surface area contributed by atoms with Gasteiger partial charge >= 0.3 is 0 Å². The molecule has 0 saturated carbocycles. The molecule has 1 aliphatic rings. The van der Waals surface area contributed by atoms with Crippen LogP contribution in [0, 0.1) is 12.7 Å². The van der Waals surface area contributed by atoms with Gasteiger partial charge in [-0.1, -0.05) is 0 Å². The first-order chi connectivity index (χ1) is 11.9. The number of carbonyl (C=O) groups is 1. The van der Waals surface area contributed by atoms with Crippen LogP contribution in [0.4, 0.5) is 10.1 Å². The van der Waals surface area contributed by atoms with Crippen molar-refractivity contribution in [3.05, 3.63) is 59.2 Å². The molecule has 3 rings (SSSR count). The molecular weight excluding hydrogens is 321 g/mol. The summed E-state index contributed by atoms with van der Waals surface area (Å²) in [5.74, 6) is -0.467. The monoisotopic (exact) mass is 343 g/mol. The molecule has 1 aromatic heterocycles. The van der Waals surface area contributed by atoms with Crippen molar-refractivity contribution >= 4 is 11.6 Å². The number of hydrogen-bond acceptors (Lipinski definition) is 4. The first kappa shape index (κ1) is 17.4. The quantitative estimate of drug-likeness (QED) is 0.860. The fraction of sp³-hybridized carbons (Fsp3) is 0.368. The number of benzene rings is 1. The zero-order valence-electron chi connectivity index (χ0n) is 14.7. The molecule has 1 saturated heterocycles. The lowest BCUT2D eigenvalue weighted by molar-refractivity contribution is -0.0247. The van der Waals surface area contributed by atoms with Crippen molar-refractivity contribution in [1.29, 1.82) is 0 Å². The lowest BCUT2D eigenvalue weighted by atomic mass is 10.1. The third-order valence-electron chi connectivity index (χ3n) is 4.25. The van der Waals surface area contributed by atoms with Crippen molar-refractivity contribution in [1.82, 2.24) is 9.88 Å². The predicted molar refractivity (Wildman–Crippen MR) is 94.3 cm³/mol. The molecule has 2 heterocycles. The standard InChI is InChI=1S/C19H22FN3O2/c1-13-10-16(22(2)3)11-17(21-13)18-12-23(8-9-25-18)19(24)14-4-6-15(20)7-5-14/h4-7,10-11,18H,8-9,12H2,1-3H3/t18-/m1/s1. The van der Waals surface area contributed by atoms with E-state index < -0.39 is 0 Å². The number of anilines is 1. The second-order valence-electron chi connectivity index (χ2n) is 6.40. The Balaban J connectivity index is 1.79. The van der Waals surface area contributed by atoms with E-state index in [0.717, 1.165) is 17.1 Å². The highest BCUT2D eigenvalue weighted by molar-refractivity contribution is 5.94. The second-order valence-corrected chi connectivity index (χ2v) is 6.40. The van der Waals surface area contributed by atoms with Crippen molar-refractivity contribution in [2.45, 2.75) is 13.0 Å². The Kier molecular flexibility index (Phi) is 4.99. The summed E-state index contributed by atoms with van der Waals surface area (Å²) in [4.78, 5) is 21.0. The minimum absolute atomic E-state index is 0.117. The molecule has 132 valence electrons. The highest BCUT2D eigenvalue weighted by atomic mass is 19.1. The largest absolute Gasteiger partial charge is 0.378 e. The summed E-state index contributed by atoms with van der Waals surface area (Å²) in [7, 11) is 3.95. The molecule has 0 unspecified atom stereocenters. The molecule has 1 atom stereocenters. The van der Waals surface area contributed by atoms with Gasteiger partial charge in [-0.15, -0.1) is 0 Å². The van der Waals surface area contributed by atoms with Crippen LogP contribution < -0.4 is 4.90 Å². The highest BCUT2D eigenvalue weighted by Gasteiger charge is 2.27. The van der Waals surface area contributed by atoms with Crippen LogP contribution in [0.5, 0.6) is 0 Å². The third kappa shape index (κ3) is 3.96. The minimum Gasteiger partial charge on any atom is -0.378 e. The smallest absolute Gasteiger partial charge is 0.254 e. The maximum absolute atomic E-state index is 13.1. The van der Waals surface area contributed by atoms with Crippen molar-refractivity contribution < 1.29 is 13.9 Å². The van der Waals surface area contributed by atoms with Crippen LogP contribution in [0.1, 0.15) is 27.8 Å². The Morgan fingerprint density at radius 3 is 2.68 bits per heavy atom. The number of rotatable bonds is 3. The van der Waals surface area contributed by atoms with E-state index in [-0.39, 0.29) is 17.8 Å². The molecule has 0 bridgehead atoms. The predicted octanol–water partition coefficient (Wildman–Crippen LogP) is 2.81. The number of ether oxygens (including phenoxy) is 1. The number of nitrogens with zero attached hydrogens (tertiary/aromatic N) is 3. The fourth-order valence-electron chi connectivity index (χ4n) is 2.89. The highest BCUT2D eigenvalue weighted by Crippen LogP contribution is 2.25. The van der Waals surface area contributed by atoms with Gasteiger partial charge in [0, 0.05) is 37.6 Å². The van der Waals surface area contributed by atoms with E-state index in [4.69, 9.17) is 4.74 Å². The summed E-state index contributed by atoms with van der Waals surface area (Å²) in [6.45, 7) is 3.34. The lowest BCUT2D eigenvalue weighted by Crippen LogP contribution is -2.42. The number of morpholine rings is 1. The molecule has 1 aromatic carbocycles. The van der Waals surface area contributed by atoms with E-state index >= 15 is 0 Å². The SMILES string of the molecule is Cc1cc(N(C)C)cc([C@H]2CN(C(=O)c3ccc(F)cc3)CCO2)n1. The van der Waals surface area contributed by atoms with Crippen molar-refractivity contribution in [3.8, 4) is 0 Å². The maximum Gasteiger partial charge on any atom is 0.254 e. The maximum atomic E-state index is 13.1. The van der Waals surface area contributed by atoms with Crippen LogP contribution in [0.25, 0.3) is 0 Å². The second kappa shape index (κ2) is 7.19. The number of pyridine rings is 1. The number of aryl methyl sites for hydroxylation is 1. The number of halogens is 1. The van der Waals surface area contributed by atoms with Gasteiger partial charge in [-0.2, -0.15) is 0 Å². The number of hydrogen-bond donors (Lipinski definition) is 0. The third-order valence-corrected chi connectivity index (χ3v) is 4.25. The molecule has 5 nitrogen and oxygen atoms in total. The molecule has 0 spiro atoms. The summed E-state index contributed by atoms with van der Waals surface area (Å²) in [6, 6.07) is 9.62. The minimum atomic E-state index is -0.350. The van der Waals surface area contributed by atoms with Gasteiger partial charge in [-0.25, -0.2) is 4.39 Å². The fourth-order valence-corrected chi connectivity index (χ4v) is 2.89. The van der Waals surface area contributed by atoms with E-state index in [0.29, 0.717) is 25.3 Å². The average molecular weight is 343 g/mol. The van der Waals surface area contributed by atoms with Gasteiger partial charge in [0.25, 0.3) is 5.91 Å². The van der Waals surface area contributed by atoms with Crippen LogP contribution in [-0.4, -0.2) is 49.6 Å². The number of amides is 1. The molecule has 1 amide bonds. The molecular formula is C19H22FN3O2. The van der Waals surface area contributed by atoms with E-state index in [9.17, 15) is 9.18 Å². The average Bonchev–Trinajstić information content (AvgIpc) is 2.61. The van der Waals surface area contributed by atoms with Gasteiger partial charge < -0.3 is 14.5 Å². The van der Waals surface area contributed by atoms with Crippen LogP contribution in [0.3, 0.4) is 0 Å². The summed E-state index contributed by atoms with van der Waals surface area (Å²) in [6.07, 6.45) is -0.267. The normalized spacial score (nSPS) is 17.4. The summed E-state index contributed by atoms with van der Waals surface area (Å²) in [5, 5.41) is 0. The molecule has 25 heavy (non-hydrogen) atoms. The van der Waals surface area contributed by atoms with E-state index in [1.807, 2.05) is 38.1 Å². The van der Waals surface area contributed by atoms with Gasteiger partial charge in [0.1, 0.15) is 11.9 Å². The zero-order chi connectivity index (χ0) is 18.0. The van der Waals surface area contributed by atoms with Crippen LogP contribution >= 0.6 is 0 Å². The lowest BCUT2D eigenvalue weighted by Gasteiger charge is -2.33. The van der Waals surface area contributed by atoms with E-state index in [1.165, 1.54) is 24.3 Å². The first-order valence-electron chi connectivity index (χ1n) is 8.26. The summed E-state index contributed by atoms with van der Waals surface area (Å²) < 4.78 is 18.9. The molecule has 2 aromatic rings. The van der Waals surface area contributed by atoms with Gasteiger partial charge in [0.05, 0.1) is 18.8 Å². The Labute approximate surface area is 147 Å². The molecule has 0 N–H and O–H groups in total. The van der Waals surface area contributed by atoms with Crippen LogP contribution in [0.2, 0.25) is 0 Å². The van der Waals surface area contributed by atoms with Gasteiger partial charge in [0.15, 0.2) is 0 Å². The molecule has 6 heteroatoms. The van der Waals surface area contributed by atoms with Crippen molar-refractivity contribution in [3.63, 3.8) is 0 Å². The van der Waals surface area contributed by atoms with Crippen LogP contribution in [-0.2, 0) is 4.74 Å². The first-order valence-corrected chi connectivity index (χ1v) is 8.26. The Morgan fingerprint density at radius 1 is 1.28 bits per heavy atom. The Morgan fingerprint density at radius 2 is 2.00 bits per heavy atom. The topological polar surface area (TPSA) is 45.7 Å². The Hall–Kier alpha value is -2.47. The van der Waals surface area contributed by atoms with Gasteiger partial charge in [-0.3, -0.25) is 9.78 Å². The van der Waals surface area contributed by atoms with E-state index in [1.54, 1.807) is 4.90 Å². The molecule has 0 aliphatic carbocycles. The van der Waals surface area contributed by atoms with Gasteiger partial charge in [-0.05, 0) is 43.3 Å². The van der Waals surface area contributed by atoms with Gasteiger partial charge in [0.2, 0.25) is 0 Å². The van der Waals surface area contributed by atoms with Crippen molar-refractivity contribution in [2.24, 2.45) is 0 Å². The number of aromatic nitrogens is 1. The van der Waals surface area contributed by atoms with E-state index in [2.05, 4.69) is 4.98 Å².